The SMILES string of the molecule is C=CCS[C@]1(Br)NC(C)(C)C[C@]2(C)OC(=O)[C@H](C(C)C)N12. The lowest BCUT2D eigenvalue weighted by Gasteiger charge is -2.55. The van der Waals surface area contributed by atoms with E-state index < -0.39 is 9.63 Å². The molecule has 21 heavy (non-hydrogen) atoms. The van der Waals surface area contributed by atoms with Crippen molar-refractivity contribution in [3.63, 3.8) is 0 Å². The number of halogens is 1. The van der Waals surface area contributed by atoms with Gasteiger partial charge in [0.15, 0.2) is 9.63 Å². The van der Waals surface area contributed by atoms with E-state index in [1.165, 1.54) is 0 Å². The first-order valence-corrected chi connectivity index (χ1v) is 9.08. The first kappa shape index (κ1) is 17.3. The standard InChI is InChI=1S/C15H25BrN2O2S/c1-7-8-21-15(16)17-13(4,5)9-14(6)18(15)11(10(2)3)12(19)20-14/h7,10-11,17H,1,8-9H2,2-6H3/t11-,14-,15+/m0/s1. The second kappa shape index (κ2) is 5.55. The third-order valence-electron chi connectivity index (χ3n) is 3.95. The molecule has 2 aliphatic rings. The molecule has 2 saturated heterocycles. The van der Waals surface area contributed by atoms with Gasteiger partial charge >= 0.3 is 5.97 Å². The number of rotatable bonds is 4. The van der Waals surface area contributed by atoms with Crippen molar-refractivity contribution in [2.75, 3.05) is 5.75 Å². The fourth-order valence-electron chi connectivity index (χ4n) is 3.52. The molecule has 0 aromatic heterocycles. The van der Waals surface area contributed by atoms with Crippen molar-refractivity contribution in [1.29, 1.82) is 0 Å². The Kier molecular flexibility index (Phi) is 4.58. The summed E-state index contributed by atoms with van der Waals surface area (Å²) in [6.07, 6.45) is 2.62. The van der Waals surface area contributed by atoms with Crippen LogP contribution in [-0.4, -0.2) is 37.8 Å². The maximum absolute atomic E-state index is 12.4. The van der Waals surface area contributed by atoms with E-state index in [0.29, 0.717) is 0 Å². The Balaban J connectivity index is 2.46. The summed E-state index contributed by atoms with van der Waals surface area (Å²) in [5.41, 5.74) is -0.743. The molecule has 0 aromatic rings. The highest BCUT2D eigenvalue weighted by atomic mass is 79.9. The van der Waals surface area contributed by atoms with Crippen LogP contribution in [0.3, 0.4) is 0 Å². The predicted octanol–water partition coefficient (Wildman–Crippen LogP) is 3.28. The molecule has 0 amide bonds. The average molecular weight is 377 g/mol. The number of nitrogens with one attached hydrogen (secondary N) is 1. The molecule has 0 unspecified atom stereocenters. The Morgan fingerprint density at radius 3 is 2.71 bits per heavy atom. The highest BCUT2D eigenvalue weighted by molar-refractivity contribution is 9.11. The molecule has 2 rings (SSSR count). The van der Waals surface area contributed by atoms with Crippen molar-refractivity contribution in [3.05, 3.63) is 12.7 Å². The Hall–Kier alpha value is -0.0400. The summed E-state index contributed by atoms with van der Waals surface area (Å²) in [6, 6.07) is -0.254. The number of nitrogens with zero attached hydrogens (tertiary/aromatic N) is 1. The fourth-order valence-corrected chi connectivity index (χ4v) is 6.18. The third kappa shape index (κ3) is 3.05. The number of esters is 1. The molecule has 0 bridgehead atoms. The minimum absolute atomic E-state index is 0.130. The Labute approximate surface area is 140 Å². The molecule has 0 spiro atoms. The van der Waals surface area contributed by atoms with Crippen LogP contribution in [0.4, 0.5) is 0 Å². The lowest BCUT2D eigenvalue weighted by molar-refractivity contribution is -0.162. The number of carbonyl (C=O) groups is 1. The molecular formula is C15H25BrN2O2S. The molecule has 1 N–H and O–H groups in total. The van der Waals surface area contributed by atoms with Crippen LogP contribution in [0.15, 0.2) is 12.7 Å². The smallest absolute Gasteiger partial charge is 0.325 e. The van der Waals surface area contributed by atoms with Gasteiger partial charge in [0.2, 0.25) is 0 Å². The molecule has 3 atom stereocenters. The number of alkyl halides is 1. The van der Waals surface area contributed by atoms with Crippen LogP contribution >= 0.6 is 27.7 Å². The van der Waals surface area contributed by atoms with Gasteiger partial charge in [-0.05, 0) is 42.6 Å². The average Bonchev–Trinajstić information content (AvgIpc) is 2.55. The maximum atomic E-state index is 12.4. The second-order valence-corrected chi connectivity index (χ2v) is 9.89. The third-order valence-corrected chi connectivity index (χ3v) is 6.30. The minimum atomic E-state index is -0.599. The van der Waals surface area contributed by atoms with E-state index in [2.05, 4.69) is 60.4 Å². The molecule has 6 heteroatoms. The van der Waals surface area contributed by atoms with Gasteiger partial charge in [-0.1, -0.05) is 19.9 Å². The molecule has 2 fully saturated rings. The quantitative estimate of drug-likeness (QED) is 0.353. The molecule has 0 aromatic carbocycles. The van der Waals surface area contributed by atoms with Crippen LogP contribution in [0.25, 0.3) is 0 Å². The molecule has 4 nitrogen and oxygen atoms in total. The van der Waals surface area contributed by atoms with Gasteiger partial charge < -0.3 is 4.74 Å². The summed E-state index contributed by atoms with van der Waals surface area (Å²) in [6.45, 7) is 14.2. The normalized spacial score (nSPS) is 39.2. The predicted molar refractivity (Wildman–Crippen MR) is 91.1 cm³/mol. The van der Waals surface area contributed by atoms with E-state index in [1.54, 1.807) is 11.8 Å². The van der Waals surface area contributed by atoms with E-state index >= 15 is 0 Å². The van der Waals surface area contributed by atoms with Gasteiger partial charge in [-0.15, -0.1) is 18.3 Å². The largest absolute Gasteiger partial charge is 0.443 e. The van der Waals surface area contributed by atoms with Gasteiger partial charge in [0.05, 0.1) is 0 Å². The van der Waals surface area contributed by atoms with E-state index in [-0.39, 0.29) is 23.5 Å². The monoisotopic (exact) mass is 376 g/mol. The van der Waals surface area contributed by atoms with Gasteiger partial charge in [0.1, 0.15) is 6.04 Å². The summed E-state index contributed by atoms with van der Waals surface area (Å²) in [5.74, 6) is 0.832. The minimum Gasteiger partial charge on any atom is -0.443 e. The zero-order chi connectivity index (χ0) is 16.1. The van der Waals surface area contributed by atoms with Crippen LogP contribution in [0.5, 0.6) is 0 Å². The van der Waals surface area contributed by atoms with Crippen molar-refractivity contribution in [3.8, 4) is 0 Å². The number of fused-ring (bicyclic) bond motifs is 1. The summed E-state index contributed by atoms with van der Waals surface area (Å²) < 4.78 is 5.27. The van der Waals surface area contributed by atoms with Crippen LogP contribution in [-0.2, 0) is 9.53 Å². The highest BCUT2D eigenvalue weighted by Crippen LogP contribution is 2.52. The number of hydrogen-bond acceptors (Lipinski definition) is 5. The lowest BCUT2D eigenvalue weighted by atomic mass is 9.89. The number of ether oxygens (including phenoxy) is 1. The summed E-state index contributed by atoms with van der Waals surface area (Å²) in [7, 11) is 0. The molecule has 2 aliphatic heterocycles. The van der Waals surface area contributed by atoms with Crippen LogP contribution < -0.4 is 5.32 Å². The molecule has 0 radical (unpaired) electrons. The van der Waals surface area contributed by atoms with Crippen LogP contribution in [0, 0.1) is 5.92 Å². The van der Waals surface area contributed by atoms with Gasteiger partial charge in [-0.3, -0.25) is 10.1 Å². The van der Waals surface area contributed by atoms with E-state index in [4.69, 9.17) is 4.74 Å². The van der Waals surface area contributed by atoms with Crippen molar-refractivity contribution >= 4 is 33.7 Å². The van der Waals surface area contributed by atoms with Gasteiger partial charge in [0.25, 0.3) is 0 Å². The Bertz CT molecular complexity index is 457. The first-order valence-electron chi connectivity index (χ1n) is 7.30. The number of thioether (sulfide) groups is 1. The fraction of sp³-hybridized carbons (Fsp3) is 0.800. The molecule has 0 saturated carbocycles. The van der Waals surface area contributed by atoms with Crippen molar-refractivity contribution in [2.45, 2.75) is 62.2 Å². The molecule has 2 heterocycles. The Morgan fingerprint density at radius 2 is 2.19 bits per heavy atom. The molecule has 120 valence electrons. The van der Waals surface area contributed by atoms with E-state index in [0.717, 1.165) is 12.2 Å². The van der Waals surface area contributed by atoms with Crippen LogP contribution in [0.2, 0.25) is 0 Å². The zero-order valence-electron chi connectivity index (χ0n) is 13.4. The molecular weight excluding hydrogens is 352 g/mol. The lowest BCUT2D eigenvalue weighted by Crippen LogP contribution is -2.72. The van der Waals surface area contributed by atoms with Crippen molar-refractivity contribution in [2.24, 2.45) is 5.92 Å². The summed E-state index contributed by atoms with van der Waals surface area (Å²) >= 11 is 5.53. The van der Waals surface area contributed by atoms with E-state index in [1.807, 2.05) is 13.0 Å². The summed E-state index contributed by atoms with van der Waals surface area (Å²) in [4.78, 5) is 14.6. The zero-order valence-corrected chi connectivity index (χ0v) is 15.8. The van der Waals surface area contributed by atoms with Crippen molar-refractivity contribution in [1.82, 2.24) is 10.2 Å². The molecule has 0 aliphatic carbocycles. The summed E-state index contributed by atoms with van der Waals surface area (Å²) in [5, 5.41) is 3.63. The Morgan fingerprint density at radius 1 is 1.57 bits per heavy atom. The van der Waals surface area contributed by atoms with Gasteiger partial charge in [-0.2, -0.15) is 0 Å². The second-order valence-electron chi connectivity index (χ2n) is 7.00. The number of hydrogen-bond donors (Lipinski definition) is 1. The first-order chi connectivity index (χ1) is 9.55. The topological polar surface area (TPSA) is 41.6 Å². The van der Waals surface area contributed by atoms with E-state index in [9.17, 15) is 4.79 Å². The van der Waals surface area contributed by atoms with Gasteiger partial charge in [-0.25, -0.2) is 4.90 Å². The maximum Gasteiger partial charge on any atom is 0.325 e. The number of carbonyl (C=O) groups excluding carboxylic acids is 1. The van der Waals surface area contributed by atoms with Gasteiger partial charge in [0, 0.05) is 17.7 Å². The van der Waals surface area contributed by atoms with Crippen molar-refractivity contribution < 1.29 is 9.53 Å². The highest BCUT2D eigenvalue weighted by Gasteiger charge is 2.64. The van der Waals surface area contributed by atoms with Crippen LogP contribution in [0.1, 0.15) is 41.0 Å².